The Hall–Kier alpha value is -1.19. The Morgan fingerprint density at radius 2 is 1.38 bits per heavy atom. The average molecular weight is 435 g/mol. The first-order valence-corrected chi connectivity index (χ1v) is 14.1. The SMILES string of the molecule is NC(=O)c1ccc([As](SCC(N)C(=O)O)SCC(N)C(=O)O)cc1. The fourth-order valence-corrected chi connectivity index (χ4v) is 13.8. The van der Waals surface area contributed by atoms with E-state index < -0.39 is 42.3 Å². The second-order valence-corrected chi connectivity index (χ2v) is 16.2. The summed E-state index contributed by atoms with van der Waals surface area (Å²) in [6.45, 7) is 0. The summed E-state index contributed by atoms with van der Waals surface area (Å²) in [7, 11) is 2.83. The number of primary amides is 1. The molecule has 0 fully saturated rings. The predicted octanol–water partition coefficient (Wildman–Crippen LogP) is -1.23. The molecule has 0 radical (unpaired) electrons. The second kappa shape index (κ2) is 9.95. The molecule has 0 bridgehead atoms. The number of benzene rings is 1. The van der Waals surface area contributed by atoms with Crippen LogP contribution < -0.4 is 21.6 Å². The van der Waals surface area contributed by atoms with Crippen LogP contribution in [0.4, 0.5) is 0 Å². The average Bonchev–Trinajstić information content (AvgIpc) is 2.54. The molecule has 1 aromatic carbocycles. The molecule has 0 aliphatic rings. The zero-order valence-corrected chi connectivity index (χ0v) is 16.0. The first-order chi connectivity index (χ1) is 11.2. The van der Waals surface area contributed by atoms with Gasteiger partial charge in [0.05, 0.1) is 0 Å². The van der Waals surface area contributed by atoms with E-state index in [-0.39, 0.29) is 11.5 Å². The van der Waals surface area contributed by atoms with E-state index >= 15 is 0 Å². The number of amides is 1. The molecule has 2 unspecified atom stereocenters. The first-order valence-electron chi connectivity index (χ1n) is 6.65. The van der Waals surface area contributed by atoms with Gasteiger partial charge in [0.1, 0.15) is 0 Å². The van der Waals surface area contributed by atoms with Crippen molar-refractivity contribution in [2.45, 2.75) is 12.1 Å². The van der Waals surface area contributed by atoms with Crippen molar-refractivity contribution in [3.63, 3.8) is 0 Å². The fraction of sp³-hybridized carbons (Fsp3) is 0.308. The fourth-order valence-electron chi connectivity index (χ4n) is 1.37. The van der Waals surface area contributed by atoms with E-state index in [4.69, 9.17) is 27.4 Å². The number of carboxylic acids is 2. The van der Waals surface area contributed by atoms with Gasteiger partial charge in [-0.3, -0.25) is 0 Å². The van der Waals surface area contributed by atoms with E-state index in [9.17, 15) is 14.4 Å². The number of carbonyl (C=O) groups is 3. The summed E-state index contributed by atoms with van der Waals surface area (Å²) in [6, 6.07) is 4.69. The molecule has 0 aromatic heterocycles. The normalized spacial score (nSPS) is 14.6. The predicted molar refractivity (Wildman–Crippen MR) is 96.5 cm³/mol. The minimum absolute atomic E-state index is 0.211. The third kappa shape index (κ3) is 6.74. The van der Waals surface area contributed by atoms with Crippen LogP contribution in [0.5, 0.6) is 0 Å². The number of carboxylic acid groups (broad SMARTS) is 2. The molecule has 8 N–H and O–H groups in total. The second-order valence-electron chi connectivity index (χ2n) is 4.65. The molecule has 1 amide bonds. The summed E-state index contributed by atoms with van der Waals surface area (Å²) in [5, 5.41) is 17.8. The molecule has 0 aliphatic carbocycles. The van der Waals surface area contributed by atoms with Gasteiger partial charge in [0.25, 0.3) is 0 Å². The molecule has 1 aromatic rings. The Bertz CT molecular complexity index is 578. The molecule has 0 heterocycles. The van der Waals surface area contributed by atoms with E-state index in [1.165, 1.54) is 20.0 Å². The van der Waals surface area contributed by atoms with Crippen molar-refractivity contribution < 1.29 is 24.6 Å². The Kier molecular flexibility index (Phi) is 8.64. The third-order valence-electron chi connectivity index (χ3n) is 2.74. The monoisotopic (exact) mass is 435 g/mol. The van der Waals surface area contributed by atoms with E-state index in [0.29, 0.717) is 5.56 Å². The molecular formula is C13H18AsN3O5S2. The van der Waals surface area contributed by atoms with Crippen molar-refractivity contribution in [1.82, 2.24) is 0 Å². The van der Waals surface area contributed by atoms with Gasteiger partial charge < -0.3 is 0 Å². The van der Waals surface area contributed by atoms with Gasteiger partial charge in [-0.1, -0.05) is 0 Å². The number of rotatable bonds is 10. The Labute approximate surface area is 149 Å². The topological polar surface area (TPSA) is 170 Å². The number of hydrogen-bond donors (Lipinski definition) is 5. The van der Waals surface area contributed by atoms with Gasteiger partial charge in [0.2, 0.25) is 0 Å². The molecule has 0 aliphatic heterocycles. The van der Waals surface area contributed by atoms with E-state index in [0.717, 1.165) is 4.35 Å². The van der Waals surface area contributed by atoms with Gasteiger partial charge in [-0.2, -0.15) is 0 Å². The molecule has 2 atom stereocenters. The van der Waals surface area contributed by atoms with E-state index in [1.807, 2.05) is 0 Å². The molecule has 8 nitrogen and oxygen atoms in total. The summed E-state index contributed by atoms with van der Waals surface area (Å²) in [6.07, 6.45) is 0. The summed E-state index contributed by atoms with van der Waals surface area (Å²) >= 11 is -1.92. The van der Waals surface area contributed by atoms with Gasteiger partial charge in [0.15, 0.2) is 0 Å². The van der Waals surface area contributed by atoms with Crippen molar-refractivity contribution >= 4 is 54.6 Å². The van der Waals surface area contributed by atoms with E-state index in [2.05, 4.69) is 0 Å². The summed E-state index contributed by atoms with van der Waals surface area (Å²) < 4.78 is 0.928. The van der Waals surface area contributed by atoms with Crippen molar-refractivity contribution in [2.75, 3.05) is 11.5 Å². The molecule has 0 saturated carbocycles. The quantitative estimate of drug-likeness (QED) is 0.282. The van der Waals surface area contributed by atoms with Crippen LogP contribution in [-0.4, -0.2) is 64.0 Å². The first kappa shape index (κ1) is 20.9. The van der Waals surface area contributed by atoms with Crippen molar-refractivity contribution in [2.24, 2.45) is 17.2 Å². The van der Waals surface area contributed by atoms with Crippen LogP contribution in [0.25, 0.3) is 0 Å². The van der Waals surface area contributed by atoms with Gasteiger partial charge in [0, 0.05) is 0 Å². The van der Waals surface area contributed by atoms with Crippen LogP contribution in [0, 0.1) is 0 Å². The van der Waals surface area contributed by atoms with Crippen LogP contribution in [-0.2, 0) is 9.59 Å². The van der Waals surface area contributed by atoms with Gasteiger partial charge in [-0.25, -0.2) is 0 Å². The van der Waals surface area contributed by atoms with Crippen molar-refractivity contribution in [3.8, 4) is 0 Å². The Morgan fingerprint density at radius 3 is 1.71 bits per heavy atom. The van der Waals surface area contributed by atoms with Gasteiger partial charge in [-0.05, 0) is 0 Å². The number of nitrogens with two attached hydrogens (primary N) is 3. The van der Waals surface area contributed by atoms with Gasteiger partial charge >= 0.3 is 150 Å². The third-order valence-corrected chi connectivity index (χ3v) is 16.0. The van der Waals surface area contributed by atoms with Crippen LogP contribution >= 0.6 is 20.0 Å². The van der Waals surface area contributed by atoms with E-state index in [1.54, 1.807) is 24.3 Å². The molecule has 0 saturated heterocycles. The number of hydrogen-bond acceptors (Lipinski definition) is 7. The zero-order valence-electron chi connectivity index (χ0n) is 12.5. The van der Waals surface area contributed by atoms with Crippen molar-refractivity contribution in [3.05, 3.63) is 29.8 Å². The van der Waals surface area contributed by atoms with Crippen LogP contribution in [0.3, 0.4) is 0 Å². The van der Waals surface area contributed by atoms with Crippen LogP contribution in [0.1, 0.15) is 10.4 Å². The molecule has 1 rings (SSSR count). The minimum atomic E-state index is -1.92. The summed E-state index contributed by atoms with van der Waals surface area (Å²) in [4.78, 5) is 32.8. The maximum absolute atomic E-state index is 11.1. The Morgan fingerprint density at radius 1 is 0.958 bits per heavy atom. The van der Waals surface area contributed by atoms with Gasteiger partial charge in [-0.15, -0.1) is 0 Å². The van der Waals surface area contributed by atoms with Crippen LogP contribution in [0.15, 0.2) is 24.3 Å². The Balaban J connectivity index is 2.84. The van der Waals surface area contributed by atoms with Crippen LogP contribution in [0.2, 0.25) is 0 Å². The maximum atomic E-state index is 11.1. The standard InChI is InChI=1S/C13H18AsN3O5S2/c15-9(12(19)20)5-23-14(24-6-10(16)13(21)22)8-3-1-7(2-4-8)11(17)18/h1-4,9-10H,5-6,15-16H2,(H2,17,18)(H,19,20)(H,21,22). The molecule has 0 spiro atoms. The number of carbonyl (C=O) groups excluding carboxylic acids is 1. The molecular weight excluding hydrogens is 417 g/mol. The summed E-state index contributed by atoms with van der Waals surface area (Å²) in [5.41, 5.74) is 16.6. The molecule has 24 heavy (non-hydrogen) atoms. The summed E-state index contributed by atoms with van der Waals surface area (Å²) in [5.74, 6) is -2.30. The van der Waals surface area contributed by atoms with Crippen molar-refractivity contribution in [1.29, 1.82) is 0 Å². The molecule has 132 valence electrons. The number of aliphatic carboxylic acids is 2. The molecule has 11 heteroatoms. The zero-order chi connectivity index (χ0) is 18.3.